The number of piperidine rings is 1. The van der Waals surface area contributed by atoms with Crippen LogP contribution in [0.4, 0.5) is 11.4 Å². The number of benzene rings is 1. The van der Waals surface area contributed by atoms with Crippen molar-refractivity contribution in [1.29, 1.82) is 0 Å². The van der Waals surface area contributed by atoms with Crippen LogP contribution in [0.3, 0.4) is 0 Å². The summed E-state index contributed by atoms with van der Waals surface area (Å²) in [6, 6.07) is 7.22. The summed E-state index contributed by atoms with van der Waals surface area (Å²) in [6.45, 7) is 0.875. The van der Waals surface area contributed by atoms with Crippen LogP contribution in [0.15, 0.2) is 24.3 Å². The van der Waals surface area contributed by atoms with Gasteiger partial charge in [0.15, 0.2) is 0 Å². The summed E-state index contributed by atoms with van der Waals surface area (Å²) in [6.07, 6.45) is 2.47. The van der Waals surface area contributed by atoms with E-state index >= 15 is 0 Å². The second-order valence-corrected chi connectivity index (χ2v) is 5.77. The molecule has 2 fully saturated rings. The van der Waals surface area contributed by atoms with Gasteiger partial charge in [0.2, 0.25) is 11.8 Å². The van der Waals surface area contributed by atoms with Gasteiger partial charge < -0.3 is 14.9 Å². The molecule has 116 valence electrons. The maximum Gasteiger partial charge on any atom is 0.308 e. The van der Waals surface area contributed by atoms with Crippen molar-refractivity contribution >= 4 is 29.2 Å². The average Bonchev–Trinajstić information content (AvgIpc) is 2.90. The van der Waals surface area contributed by atoms with Crippen LogP contribution in [0, 0.1) is 5.92 Å². The molecule has 2 aliphatic heterocycles. The number of carboxylic acid groups (broad SMARTS) is 1. The number of carboxylic acids is 1. The van der Waals surface area contributed by atoms with Crippen molar-refractivity contribution in [3.63, 3.8) is 0 Å². The first kappa shape index (κ1) is 14.6. The third kappa shape index (κ3) is 2.68. The van der Waals surface area contributed by atoms with Gasteiger partial charge in [-0.1, -0.05) is 6.07 Å². The van der Waals surface area contributed by atoms with Crippen LogP contribution in [0.5, 0.6) is 0 Å². The highest BCUT2D eigenvalue weighted by Gasteiger charge is 2.35. The quantitative estimate of drug-likeness (QED) is 0.920. The zero-order chi connectivity index (χ0) is 15.7. The number of carbonyl (C=O) groups excluding carboxylic acids is 2. The Morgan fingerprint density at radius 2 is 1.82 bits per heavy atom. The molecule has 0 aromatic heterocycles. The van der Waals surface area contributed by atoms with Crippen LogP contribution in [-0.4, -0.2) is 36.0 Å². The van der Waals surface area contributed by atoms with Gasteiger partial charge in [-0.05, 0) is 31.0 Å². The third-order valence-electron chi connectivity index (χ3n) is 4.25. The molecule has 1 N–H and O–H groups in total. The number of nitrogens with zero attached hydrogens (tertiary/aromatic N) is 2. The van der Waals surface area contributed by atoms with Gasteiger partial charge >= 0.3 is 5.97 Å². The predicted octanol–water partition coefficient (Wildman–Crippen LogP) is 1.64. The van der Waals surface area contributed by atoms with Gasteiger partial charge in [-0.25, -0.2) is 0 Å². The van der Waals surface area contributed by atoms with Gasteiger partial charge in [-0.15, -0.1) is 0 Å². The first-order valence-electron chi connectivity index (χ1n) is 7.50. The molecule has 1 aromatic carbocycles. The number of rotatable bonds is 3. The molecule has 1 atom stereocenters. The smallest absolute Gasteiger partial charge is 0.308 e. The molecular weight excluding hydrogens is 284 g/mol. The molecule has 0 saturated carbocycles. The summed E-state index contributed by atoms with van der Waals surface area (Å²) in [5.74, 6) is -1.69. The largest absolute Gasteiger partial charge is 0.481 e. The zero-order valence-electron chi connectivity index (χ0n) is 12.2. The molecular formula is C16H18N2O4. The molecule has 1 aromatic rings. The van der Waals surface area contributed by atoms with Crippen LogP contribution in [-0.2, 0) is 14.4 Å². The Hall–Kier alpha value is -2.37. The van der Waals surface area contributed by atoms with Crippen molar-refractivity contribution < 1.29 is 19.5 Å². The highest BCUT2D eigenvalue weighted by atomic mass is 16.4. The predicted molar refractivity (Wildman–Crippen MR) is 80.7 cm³/mol. The van der Waals surface area contributed by atoms with Crippen molar-refractivity contribution in [2.45, 2.75) is 25.7 Å². The monoisotopic (exact) mass is 302 g/mol. The normalized spacial score (nSPS) is 22.3. The van der Waals surface area contributed by atoms with Crippen LogP contribution in [0.25, 0.3) is 0 Å². The second kappa shape index (κ2) is 5.79. The summed E-state index contributed by atoms with van der Waals surface area (Å²) in [7, 11) is 0. The van der Waals surface area contributed by atoms with Gasteiger partial charge in [0.1, 0.15) is 0 Å². The Kier molecular flexibility index (Phi) is 3.83. The van der Waals surface area contributed by atoms with E-state index in [-0.39, 0.29) is 24.8 Å². The van der Waals surface area contributed by atoms with E-state index in [1.165, 1.54) is 4.90 Å². The second-order valence-electron chi connectivity index (χ2n) is 5.77. The minimum atomic E-state index is -0.946. The topological polar surface area (TPSA) is 77.9 Å². The highest BCUT2D eigenvalue weighted by molar-refractivity contribution is 6.00. The molecule has 2 saturated heterocycles. The van der Waals surface area contributed by atoms with Gasteiger partial charge in [0.05, 0.1) is 5.92 Å². The van der Waals surface area contributed by atoms with Crippen molar-refractivity contribution in [1.82, 2.24) is 0 Å². The van der Waals surface area contributed by atoms with Crippen molar-refractivity contribution in [2.24, 2.45) is 5.92 Å². The van der Waals surface area contributed by atoms with E-state index in [4.69, 9.17) is 5.11 Å². The standard InChI is InChI=1S/C16H18N2O4/c19-14-6-1-2-7-17(14)12-4-3-5-13(9-12)18-10-11(16(21)22)8-15(18)20/h3-5,9,11H,1-2,6-8,10H2,(H,21,22)/t11-/m0/s1. The van der Waals surface area contributed by atoms with Crippen LogP contribution in [0.2, 0.25) is 0 Å². The minimum Gasteiger partial charge on any atom is -0.481 e. The molecule has 2 aliphatic rings. The first-order chi connectivity index (χ1) is 10.6. The fourth-order valence-electron chi connectivity index (χ4n) is 3.03. The van der Waals surface area contributed by atoms with E-state index in [0.717, 1.165) is 18.5 Å². The van der Waals surface area contributed by atoms with Crippen LogP contribution < -0.4 is 9.80 Å². The average molecular weight is 302 g/mol. The van der Waals surface area contributed by atoms with E-state index in [2.05, 4.69) is 0 Å². The summed E-state index contributed by atoms with van der Waals surface area (Å²) in [4.78, 5) is 38.3. The third-order valence-corrected chi connectivity index (χ3v) is 4.25. The van der Waals surface area contributed by atoms with Gasteiger partial charge in [0, 0.05) is 37.3 Å². The molecule has 2 amide bonds. The molecule has 0 radical (unpaired) electrons. The van der Waals surface area contributed by atoms with E-state index in [0.29, 0.717) is 18.7 Å². The number of carbonyl (C=O) groups is 3. The molecule has 22 heavy (non-hydrogen) atoms. The zero-order valence-corrected chi connectivity index (χ0v) is 12.2. The number of amides is 2. The number of hydrogen-bond acceptors (Lipinski definition) is 3. The number of aliphatic carboxylic acids is 1. The number of anilines is 2. The molecule has 6 heteroatoms. The Balaban J connectivity index is 1.84. The number of hydrogen-bond donors (Lipinski definition) is 1. The fraction of sp³-hybridized carbons (Fsp3) is 0.438. The first-order valence-corrected chi connectivity index (χ1v) is 7.50. The molecule has 0 spiro atoms. The lowest BCUT2D eigenvalue weighted by Gasteiger charge is -2.28. The lowest BCUT2D eigenvalue weighted by molar-refractivity contribution is -0.141. The Morgan fingerprint density at radius 1 is 1.09 bits per heavy atom. The Labute approximate surface area is 128 Å². The van der Waals surface area contributed by atoms with E-state index in [1.807, 2.05) is 6.07 Å². The molecule has 3 rings (SSSR count). The fourth-order valence-corrected chi connectivity index (χ4v) is 3.03. The van der Waals surface area contributed by atoms with Crippen molar-refractivity contribution in [3.05, 3.63) is 24.3 Å². The molecule has 0 bridgehead atoms. The van der Waals surface area contributed by atoms with E-state index in [1.54, 1.807) is 23.1 Å². The molecule has 0 aliphatic carbocycles. The minimum absolute atomic E-state index is 0.0300. The molecule has 6 nitrogen and oxygen atoms in total. The summed E-state index contributed by atoms with van der Waals surface area (Å²) in [5.41, 5.74) is 1.43. The van der Waals surface area contributed by atoms with Crippen LogP contribution in [0.1, 0.15) is 25.7 Å². The Morgan fingerprint density at radius 3 is 2.45 bits per heavy atom. The highest BCUT2D eigenvalue weighted by Crippen LogP contribution is 2.29. The van der Waals surface area contributed by atoms with Crippen molar-refractivity contribution in [3.8, 4) is 0 Å². The van der Waals surface area contributed by atoms with Gasteiger partial charge in [-0.2, -0.15) is 0 Å². The van der Waals surface area contributed by atoms with Crippen LogP contribution >= 0.6 is 0 Å². The van der Waals surface area contributed by atoms with Crippen molar-refractivity contribution in [2.75, 3.05) is 22.9 Å². The summed E-state index contributed by atoms with van der Waals surface area (Å²) in [5, 5.41) is 9.06. The SMILES string of the molecule is O=C(O)[C@H]1CC(=O)N(c2cccc(N3CCCCC3=O)c2)C1. The summed E-state index contributed by atoms with van der Waals surface area (Å²) >= 11 is 0. The Bertz CT molecular complexity index is 628. The molecule has 2 heterocycles. The molecule has 0 unspecified atom stereocenters. The van der Waals surface area contributed by atoms with Gasteiger partial charge in [-0.3, -0.25) is 14.4 Å². The van der Waals surface area contributed by atoms with E-state index in [9.17, 15) is 14.4 Å². The lowest BCUT2D eigenvalue weighted by Crippen LogP contribution is -2.35. The van der Waals surface area contributed by atoms with E-state index < -0.39 is 11.9 Å². The maximum atomic E-state index is 12.0. The maximum absolute atomic E-state index is 12.0. The summed E-state index contributed by atoms with van der Waals surface area (Å²) < 4.78 is 0. The van der Waals surface area contributed by atoms with Gasteiger partial charge in [0.25, 0.3) is 0 Å². The lowest BCUT2D eigenvalue weighted by atomic mass is 10.1.